The van der Waals surface area contributed by atoms with Gasteiger partial charge in [-0.2, -0.15) is 0 Å². The summed E-state index contributed by atoms with van der Waals surface area (Å²) in [5, 5.41) is 3.85. The molecule has 4 rings (SSSR count). The van der Waals surface area contributed by atoms with Crippen LogP contribution in [0.25, 0.3) is 11.4 Å². The summed E-state index contributed by atoms with van der Waals surface area (Å²) in [5.74, 6) is 0.862. The van der Waals surface area contributed by atoms with E-state index in [0.29, 0.717) is 12.1 Å². The van der Waals surface area contributed by atoms with E-state index in [9.17, 15) is 0 Å². The van der Waals surface area contributed by atoms with E-state index in [1.165, 1.54) is 49.8 Å². The fraction of sp³-hybridized carbons (Fsp3) is 0.474. The van der Waals surface area contributed by atoms with Gasteiger partial charge in [-0.15, -0.1) is 0 Å². The predicted molar refractivity (Wildman–Crippen MR) is 88.5 cm³/mol. The number of nitrogens with zero attached hydrogens (tertiary/aromatic N) is 2. The molecule has 2 aliphatic rings. The lowest BCUT2D eigenvalue weighted by Gasteiger charge is -2.28. The molecule has 114 valence electrons. The lowest BCUT2D eigenvalue weighted by Crippen LogP contribution is -2.33. The van der Waals surface area contributed by atoms with Gasteiger partial charge in [-0.25, -0.2) is 9.97 Å². The first kappa shape index (κ1) is 13.9. The third kappa shape index (κ3) is 2.78. The zero-order valence-corrected chi connectivity index (χ0v) is 13.0. The molecule has 2 aromatic rings. The lowest BCUT2D eigenvalue weighted by molar-refractivity contribution is 0.393. The van der Waals surface area contributed by atoms with Crippen molar-refractivity contribution in [2.24, 2.45) is 0 Å². The van der Waals surface area contributed by atoms with Crippen LogP contribution in [-0.2, 0) is 6.42 Å². The molecule has 1 fully saturated rings. The van der Waals surface area contributed by atoms with Gasteiger partial charge < -0.3 is 5.32 Å². The summed E-state index contributed by atoms with van der Waals surface area (Å²) in [5.41, 5.74) is 3.68. The Morgan fingerprint density at radius 1 is 0.955 bits per heavy atom. The van der Waals surface area contributed by atoms with Crippen molar-refractivity contribution in [3.8, 4) is 11.4 Å². The van der Waals surface area contributed by atoms with E-state index in [-0.39, 0.29) is 0 Å². The van der Waals surface area contributed by atoms with Crippen LogP contribution in [0.15, 0.2) is 36.5 Å². The molecule has 0 saturated heterocycles. The van der Waals surface area contributed by atoms with Crippen molar-refractivity contribution in [3.63, 3.8) is 0 Å². The van der Waals surface area contributed by atoms with Crippen LogP contribution in [0, 0.1) is 0 Å². The van der Waals surface area contributed by atoms with Crippen LogP contribution >= 0.6 is 0 Å². The van der Waals surface area contributed by atoms with Gasteiger partial charge in [-0.3, -0.25) is 0 Å². The molecule has 0 amide bonds. The smallest absolute Gasteiger partial charge is 0.159 e. The Hall–Kier alpha value is -1.74. The molecule has 1 N–H and O–H groups in total. The molecule has 3 nitrogen and oxygen atoms in total. The van der Waals surface area contributed by atoms with E-state index in [0.717, 1.165) is 17.8 Å². The topological polar surface area (TPSA) is 37.8 Å². The average Bonchev–Trinajstić information content (AvgIpc) is 3.08. The van der Waals surface area contributed by atoms with Crippen molar-refractivity contribution in [2.45, 2.75) is 57.0 Å². The van der Waals surface area contributed by atoms with Gasteiger partial charge >= 0.3 is 0 Å². The summed E-state index contributed by atoms with van der Waals surface area (Å²) in [6.07, 6.45) is 11.0. The second-order valence-electron chi connectivity index (χ2n) is 6.55. The van der Waals surface area contributed by atoms with E-state index < -0.39 is 0 Å². The highest BCUT2D eigenvalue weighted by Gasteiger charge is 2.25. The minimum atomic E-state index is 0.455. The van der Waals surface area contributed by atoms with E-state index in [4.69, 9.17) is 4.98 Å². The van der Waals surface area contributed by atoms with Crippen LogP contribution in [0.1, 0.15) is 55.8 Å². The normalized spacial score (nSPS) is 21.7. The zero-order chi connectivity index (χ0) is 14.8. The highest BCUT2D eigenvalue weighted by Crippen LogP contribution is 2.31. The molecular weight excluding hydrogens is 270 g/mol. The van der Waals surface area contributed by atoms with Crippen LogP contribution in [0.5, 0.6) is 0 Å². The Labute approximate surface area is 132 Å². The van der Waals surface area contributed by atoms with Gasteiger partial charge in [0, 0.05) is 35.1 Å². The summed E-state index contributed by atoms with van der Waals surface area (Å²) >= 11 is 0. The van der Waals surface area contributed by atoms with Gasteiger partial charge in [0.15, 0.2) is 5.82 Å². The highest BCUT2D eigenvalue weighted by molar-refractivity contribution is 5.55. The monoisotopic (exact) mass is 293 g/mol. The molecule has 3 heteroatoms. The molecule has 1 aromatic carbocycles. The van der Waals surface area contributed by atoms with Crippen LogP contribution in [0.2, 0.25) is 0 Å². The number of aryl methyl sites for hydroxylation is 1. The molecule has 2 aliphatic carbocycles. The first-order chi connectivity index (χ1) is 10.9. The molecule has 0 radical (unpaired) electrons. The summed E-state index contributed by atoms with van der Waals surface area (Å²) in [6, 6.07) is 11.4. The quantitative estimate of drug-likeness (QED) is 0.927. The number of nitrogens with one attached hydrogen (secondary N) is 1. The van der Waals surface area contributed by atoms with Gasteiger partial charge in [0.1, 0.15) is 0 Å². The summed E-state index contributed by atoms with van der Waals surface area (Å²) < 4.78 is 0. The number of aromatic nitrogens is 2. The van der Waals surface area contributed by atoms with Gasteiger partial charge in [0.2, 0.25) is 0 Å². The van der Waals surface area contributed by atoms with Gasteiger partial charge in [-0.05, 0) is 32.1 Å². The maximum atomic E-state index is 4.86. The molecule has 0 aliphatic heterocycles. The van der Waals surface area contributed by atoms with Crippen molar-refractivity contribution >= 4 is 0 Å². The van der Waals surface area contributed by atoms with Crippen LogP contribution in [0.4, 0.5) is 0 Å². The van der Waals surface area contributed by atoms with E-state index in [2.05, 4.69) is 28.6 Å². The number of fused-ring (bicyclic) bond motifs is 1. The molecule has 1 atom stereocenters. The van der Waals surface area contributed by atoms with E-state index in [1.54, 1.807) is 0 Å². The number of benzene rings is 1. The van der Waals surface area contributed by atoms with Crippen molar-refractivity contribution < 1.29 is 0 Å². The van der Waals surface area contributed by atoms with E-state index in [1.807, 2.05) is 18.2 Å². The average molecular weight is 293 g/mol. The van der Waals surface area contributed by atoms with Crippen molar-refractivity contribution in [3.05, 3.63) is 47.8 Å². The molecular formula is C19H23N3. The van der Waals surface area contributed by atoms with Crippen molar-refractivity contribution in [2.75, 3.05) is 0 Å². The maximum absolute atomic E-state index is 4.86. The SMILES string of the molecule is c1ccc(-c2ncc3c(n2)CCCC3NC2CCCC2)cc1. The number of hydrogen-bond donors (Lipinski definition) is 1. The molecule has 22 heavy (non-hydrogen) atoms. The Morgan fingerprint density at radius 3 is 2.59 bits per heavy atom. The van der Waals surface area contributed by atoms with Crippen LogP contribution in [0.3, 0.4) is 0 Å². The lowest BCUT2D eigenvalue weighted by atomic mass is 9.91. The number of rotatable bonds is 3. The minimum absolute atomic E-state index is 0.455. The highest BCUT2D eigenvalue weighted by atomic mass is 15.0. The van der Waals surface area contributed by atoms with Gasteiger partial charge in [0.25, 0.3) is 0 Å². The van der Waals surface area contributed by atoms with Gasteiger partial charge in [-0.1, -0.05) is 43.2 Å². The summed E-state index contributed by atoms with van der Waals surface area (Å²) in [6.45, 7) is 0. The number of hydrogen-bond acceptors (Lipinski definition) is 3. The molecule has 1 aromatic heterocycles. The third-order valence-corrected chi connectivity index (χ3v) is 5.01. The fourth-order valence-electron chi connectivity index (χ4n) is 3.82. The van der Waals surface area contributed by atoms with Crippen LogP contribution < -0.4 is 5.32 Å². The third-order valence-electron chi connectivity index (χ3n) is 5.01. The van der Waals surface area contributed by atoms with E-state index >= 15 is 0 Å². The molecule has 1 saturated carbocycles. The van der Waals surface area contributed by atoms with Crippen molar-refractivity contribution in [1.82, 2.24) is 15.3 Å². The zero-order valence-electron chi connectivity index (χ0n) is 13.0. The predicted octanol–water partition coefficient (Wildman–Crippen LogP) is 4.05. The first-order valence-electron chi connectivity index (χ1n) is 8.57. The van der Waals surface area contributed by atoms with Crippen molar-refractivity contribution in [1.29, 1.82) is 0 Å². The summed E-state index contributed by atoms with van der Waals surface area (Å²) in [7, 11) is 0. The molecule has 0 spiro atoms. The Balaban J connectivity index is 1.60. The Bertz CT molecular complexity index is 632. The second-order valence-corrected chi connectivity index (χ2v) is 6.55. The second kappa shape index (κ2) is 6.17. The molecule has 0 bridgehead atoms. The van der Waals surface area contributed by atoms with Crippen LogP contribution in [-0.4, -0.2) is 16.0 Å². The first-order valence-corrected chi connectivity index (χ1v) is 8.57. The molecule has 1 unspecified atom stereocenters. The molecule has 1 heterocycles. The fourth-order valence-corrected chi connectivity index (χ4v) is 3.82. The summed E-state index contributed by atoms with van der Waals surface area (Å²) in [4.78, 5) is 9.49. The Kier molecular flexibility index (Phi) is 3.90. The van der Waals surface area contributed by atoms with Gasteiger partial charge in [0.05, 0.1) is 0 Å². The maximum Gasteiger partial charge on any atom is 0.159 e. The Morgan fingerprint density at radius 2 is 1.77 bits per heavy atom. The standard InChI is InChI=1S/C19H23N3/c1-2-7-14(8-3-1)19-20-13-16-17(11-6-12-18(16)22-19)21-15-9-4-5-10-15/h1-3,7-8,13,15,17,21H,4-6,9-12H2. The minimum Gasteiger partial charge on any atom is -0.307 e. The largest absolute Gasteiger partial charge is 0.307 e.